The van der Waals surface area contributed by atoms with Gasteiger partial charge < -0.3 is 4.74 Å². The van der Waals surface area contributed by atoms with Gasteiger partial charge in [0.05, 0.1) is 18.5 Å². The number of morpholine rings is 1. The molecule has 1 fully saturated rings. The third kappa shape index (κ3) is 3.83. The van der Waals surface area contributed by atoms with Crippen LogP contribution in [-0.4, -0.2) is 32.4 Å². The molecule has 1 atom stereocenters. The third-order valence-corrected chi connectivity index (χ3v) is 5.96. The highest BCUT2D eigenvalue weighted by Gasteiger charge is 2.31. The molecule has 1 saturated heterocycles. The van der Waals surface area contributed by atoms with Crippen LogP contribution in [0.2, 0.25) is 0 Å². The molecule has 1 unspecified atom stereocenters. The van der Waals surface area contributed by atoms with Gasteiger partial charge in [0.15, 0.2) is 0 Å². The van der Waals surface area contributed by atoms with Crippen molar-refractivity contribution in [3.05, 3.63) is 71.0 Å². The van der Waals surface area contributed by atoms with Crippen LogP contribution in [0.25, 0.3) is 0 Å². The molecular weight excluding hydrogens is 329 g/mol. The maximum absolute atomic E-state index is 13.9. The van der Waals surface area contributed by atoms with Gasteiger partial charge in [0.1, 0.15) is 5.82 Å². The summed E-state index contributed by atoms with van der Waals surface area (Å²) >= 11 is 0. The number of sulfonamides is 1. The lowest BCUT2D eigenvalue weighted by Gasteiger charge is -2.32. The highest BCUT2D eigenvalue weighted by Crippen LogP contribution is 2.26. The van der Waals surface area contributed by atoms with E-state index in [9.17, 15) is 12.8 Å². The van der Waals surface area contributed by atoms with E-state index in [1.807, 2.05) is 31.2 Å². The highest BCUT2D eigenvalue weighted by atomic mass is 32.2. The van der Waals surface area contributed by atoms with E-state index in [0.29, 0.717) is 12.1 Å². The van der Waals surface area contributed by atoms with E-state index in [1.54, 1.807) is 18.2 Å². The van der Waals surface area contributed by atoms with Crippen molar-refractivity contribution in [3.63, 3.8) is 0 Å². The summed E-state index contributed by atoms with van der Waals surface area (Å²) in [5.74, 6) is -0.433. The van der Waals surface area contributed by atoms with Crippen LogP contribution < -0.4 is 0 Å². The molecule has 0 radical (unpaired) electrons. The Kier molecular flexibility index (Phi) is 4.99. The summed E-state index contributed by atoms with van der Waals surface area (Å²) in [4.78, 5) is 0. The number of aryl methyl sites for hydroxylation is 1. The summed E-state index contributed by atoms with van der Waals surface area (Å²) in [7, 11) is -3.47. The van der Waals surface area contributed by atoms with Crippen LogP contribution in [0.5, 0.6) is 0 Å². The molecule has 2 aromatic rings. The zero-order valence-corrected chi connectivity index (χ0v) is 14.3. The average molecular weight is 349 g/mol. The average Bonchev–Trinajstić information content (AvgIpc) is 2.57. The van der Waals surface area contributed by atoms with Crippen LogP contribution in [-0.2, 0) is 20.5 Å². The Morgan fingerprint density at radius 1 is 1.17 bits per heavy atom. The largest absolute Gasteiger partial charge is 0.371 e. The van der Waals surface area contributed by atoms with Crippen LogP contribution in [0.15, 0.2) is 48.5 Å². The van der Waals surface area contributed by atoms with Crippen molar-refractivity contribution in [2.24, 2.45) is 0 Å². The van der Waals surface area contributed by atoms with Crippen LogP contribution in [0.1, 0.15) is 22.8 Å². The molecule has 0 saturated carbocycles. The first-order valence-corrected chi connectivity index (χ1v) is 9.46. The fourth-order valence-corrected chi connectivity index (χ4v) is 4.30. The fraction of sp³-hybridized carbons (Fsp3) is 0.333. The number of ether oxygens (including phenoxy) is 1. The standard InChI is InChI=1S/C18H20FNO3S/c1-14-6-8-15(9-7-14)13-24(21,22)20-10-11-23-18(12-20)16-4-2-3-5-17(16)19/h2-9,18H,10-13H2,1H3. The number of hydrogen-bond acceptors (Lipinski definition) is 3. The molecule has 128 valence electrons. The Bertz CT molecular complexity index is 805. The van der Waals surface area contributed by atoms with Gasteiger partial charge in [-0.1, -0.05) is 48.0 Å². The zero-order valence-electron chi connectivity index (χ0n) is 13.5. The van der Waals surface area contributed by atoms with Crippen molar-refractivity contribution in [1.82, 2.24) is 4.31 Å². The smallest absolute Gasteiger partial charge is 0.218 e. The van der Waals surface area contributed by atoms with Gasteiger partial charge in [-0.3, -0.25) is 0 Å². The molecule has 2 aromatic carbocycles. The number of halogens is 1. The topological polar surface area (TPSA) is 46.6 Å². The summed E-state index contributed by atoms with van der Waals surface area (Å²) in [5, 5.41) is 0. The monoisotopic (exact) mass is 349 g/mol. The first-order valence-electron chi connectivity index (χ1n) is 7.85. The van der Waals surface area contributed by atoms with Crippen LogP contribution in [0.3, 0.4) is 0 Å². The van der Waals surface area contributed by atoms with Gasteiger partial charge in [-0.05, 0) is 18.6 Å². The summed E-state index contributed by atoms with van der Waals surface area (Å²) in [6.07, 6.45) is -0.576. The second-order valence-electron chi connectivity index (χ2n) is 5.98. The molecule has 3 rings (SSSR count). The van der Waals surface area contributed by atoms with Crippen LogP contribution in [0.4, 0.5) is 4.39 Å². The minimum Gasteiger partial charge on any atom is -0.371 e. The number of rotatable bonds is 4. The normalized spacial score (nSPS) is 19.3. The molecular formula is C18H20FNO3S. The molecule has 1 aliphatic heterocycles. The Hall–Kier alpha value is -1.76. The van der Waals surface area contributed by atoms with E-state index in [4.69, 9.17) is 4.74 Å². The van der Waals surface area contributed by atoms with Gasteiger partial charge in [-0.2, -0.15) is 4.31 Å². The molecule has 0 amide bonds. The van der Waals surface area contributed by atoms with Crippen molar-refractivity contribution < 1.29 is 17.5 Å². The van der Waals surface area contributed by atoms with Crippen LogP contribution >= 0.6 is 0 Å². The zero-order chi connectivity index (χ0) is 17.2. The first-order chi connectivity index (χ1) is 11.5. The van der Waals surface area contributed by atoms with Gasteiger partial charge in [0.25, 0.3) is 0 Å². The second-order valence-corrected chi connectivity index (χ2v) is 7.95. The fourth-order valence-electron chi connectivity index (χ4n) is 2.79. The number of nitrogens with zero attached hydrogens (tertiary/aromatic N) is 1. The van der Waals surface area contributed by atoms with Crippen molar-refractivity contribution >= 4 is 10.0 Å². The van der Waals surface area contributed by atoms with E-state index >= 15 is 0 Å². The molecule has 0 bridgehead atoms. The lowest BCUT2D eigenvalue weighted by molar-refractivity contribution is -0.00447. The van der Waals surface area contributed by atoms with E-state index in [1.165, 1.54) is 10.4 Å². The Balaban J connectivity index is 1.76. The summed E-state index contributed by atoms with van der Waals surface area (Å²) in [6, 6.07) is 13.8. The Labute approximate surface area is 141 Å². The third-order valence-electron chi connectivity index (χ3n) is 4.14. The van der Waals surface area contributed by atoms with Crippen molar-refractivity contribution in [2.75, 3.05) is 19.7 Å². The predicted molar refractivity (Wildman–Crippen MR) is 90.5 cm³/mol. The quantitative estimate of drug-likeness (QED) is 0.852. The number of benzene rings is 2. The van der Waals surface area contributed by atoms with E-state index in [-0.39, 0.29) is 24.7 Å². The predicted octanol–water partition coefficient (Wildman–Crippen LogP) is 3.04. The SMILES string of the molecule is Cc1ccc(CS(=O)(=O)N2CCOC(c3ccccc3F)C2)cc1. The molecule has 6 heteroatoms. The van der Waals surface area contributed by atoms with Gasteiger partial charge in [-0.25, -0.2) is 12.8 Å². The molecule has 4 nitrogen and oxygen atoms in total. The maximum Gasteiger partial charge on any atom is 0.218 e. The van der Waals surface area contributed by atoms with Gasteiger partial charge in [0, 0.05) is 18.7 Å². The Morgan fingerprint density at radius 3 is 2.58 bits per heavy atom. The first kappa shape index (κ1) is 17.1. The van der Waals surface area contributed by atoms with Crippen LogP contribution in [0, 0.1) is 12.7 Å². The molecule has 1 heterocycles. The molecule has 0 N–H and O–H groups in total. The maximum atomic E-state index is 13.9. The van der Waals surface area contributed by atoms with Gasteiger partial charge in [-0.15, -0.1) is 0 Å². The van der Waals surface area contributed by atoms with E-state index < -0.39 is 16.1 Å². The molecule has 24 heavy (non-hydrogen) atoms. The molecule has 1 aliphatic rings. The Morgan fingerprint density at radius 2 is 1.88 bits per heavy atom. The lowest BCUT2D eigenvalue weighted by Crippen LogP contribution is -2.42. The number of hydrogen-bond donors (Lipinski definition) is 0. The lowest BCUT2D eigenvalue weighted by atomic mass is 10.1. The van der Waals surface area contributed by atoms with Gasteiger partial charge >= 0.3 is 0 Å². The molecule has 0 aromatic heterocycles. The molecule has 0 aliphatic carbocycles. The van der Waals surface area contributed by atoms with Crippen molar-refractivity contribution in [2.45, 2.75) is 18.8 Å². The summed E-state index contributed by atoms with van der Waals surface area (Å²) in [5.41, 5.74) is 2.23. The van der Waals surface area contributed by atoms with Crippen molar-refractivity contribution in [1.29, 1.82) is 0 Å². The van der Waals surface area contributed by atoms with Crippen molar-refractivity contribution in [3.8, 4) is 0 Å². The summed E-state index contributed by atoms with van der Waals surface area (Å²) < 4.78 is 46.3. The van der Waals surface area contributed by atoms with E-state index in [0.717, 1.165) is 11.1 Å². The molecule has 0 spiro atoms. The van der Waals surface area contributed by atoms with Gasteiger partial charge in [0.2, 0.25) is 10.0 Å². The highest BCUT2D eigenvalue weighted by molar-refractivity contribution is 7.88. The van der Waals surface area contributed by atoms with E-state index in [2.05, 4.69) is 0 Å². The minimum absolute atomic E-state index is 0.0583. The summed E-state index contributed by atoms with van der Waals surface area (Å²) in [6.45, 7) is 2.64. The second kappa shape index (κ2) is 7.01. The minimum atomic E-state index is -3.47.